The van der Waals surface area contributed by atoms with E-state index in [9.17, 15) is 4.79 Å². The third-order valence-electron chi connectivity index (χ3n) is 4.79. The fourth-order valence-electron chi connectivity index (χ4n) is 3.39. The number of urea groups is 1. The second kappa shape index (κ2) is 6.89. The minimum absolute atomic E-state index is 0.187. The van der Waals surface area contributed by atoms with Crippen LogP contribution in [0.1, 0.15) is 16.5 Å². The van der Waals surface area contributed by atoms with Crippen LogP contribution in [0.5, 0.6) is 0 Å². The third-order valence-corrected chi connectivity index (χ3v) is 5.67. The van der Waals surface area contributed by atoms with Crippen LogP contribution in [-0.2, 0) is 13.1 Å². The summed E-state index contributed by atoms with van der Waals surface area (Å²) < 4.78 is 2.09. The smallest absolute Gasteiger partial charge is 0.323 e. The van der Waals surface area contributed by atoms with E-state index in [0.29, 0.717) is 18.9 Å². The molecule has 0 unspecified atom stereocenters. The Morgan fingerprint density at radius 3 is 2.86 bits per heavy atom. The predicted octanol–water partition coefficient (Wildman–Crippen LogP) is 3.01. The van der Waals surface area contributed by atoms with Crippen molar-refractivity contribution in [1.82, 2.24) is 34.6 Å². The van der Waals surface area contributed by atoms with Crippen molar-refractivity contribution in [3.05, 3.63) is 47.2 Å². The number of anilines is 1. The Bertz CT molecular complexity index is 1230. The first-order valence-corrected chi connectivity index (χ1v) is 10.0. The molecule has 29 heavy (non-hydrogen) atoms. The third kappa shape index (κ3) is 3.42. The van der Waals surface area contributed by atoms with Gasteiger partial charge in [-0.3, -0.25) is 10.3 Å². The summed E-state index contributed by atoms with van der Waals surface area (Å²) in [6.07, 6.45) is 5.44. The molecule has 0 aliphatic carbocycles. The molecule has 0 atom stereocenters. The summed E-state index contributed by atoms with van der Waals surface area (Å²) in [6, 6.07) is 3.62. The van der Waals surface area contributed by atoms with Crippen molar-refractivity contribution >= 4 is 34.1 Å². The number of carbonyl (C=O) groups excluding carboxylic acids is 1. The van der Waals surface area contributed by atoms with Crippen LogP contribution in [0.25, 0.3) is 21.5 Å². The van der Waals surface area contributed by atoms with Crippen LogP contribution in [0.3, 0.4) is 0 Å². The number of carbonyl (C=O) groups is 1. The maximum atomic E-state index is 12.7. The summed E-state index contributed by atoms with van der Waals surface area (Å²) in [6.45, 7) is 5.73. The van der Waals surface area contributed by atoms with Gasteiger partial charge in [0.05, 0.1) is 24.0 Å². The molecular weight excluding hydrogens is 388 g/mol. The number of nitrogens with one attached hydrogen (secondary N) is 1. The summed E-state index contributed by atoms with van der Waals surface area (Å²) in [4.78, 5) is 27.7. The quantitative estimate of drug-likeness (QED) is 0.549. The van der Waals surface area contributed by atoms with E-state index in [1.165, 1.54) is 11.3 Å². The summed E-state index contributed by atoms with van der Waals surface area (Å²) in [5.41, 5.74) is 2.61. The van der Waals surface area contributed by atoms with Crippen LogP contribution in [0.15, 0.2) is 30.7 Å². The number of fused-ring (bicyclic) bond motifs is 2. The van der Waals surface area contributed by atoms with Crippen LogP contribution in [-0.4, -0.2) is 47.2 Å². The second-order valence-electron chi connectivity index (χ2n) is 6.96. The number of aryl methyl sites for hydroxylation is 2. The predicted molar refractivity (Wildman–Crippen MR) is 110 cm³/mol. The molecule has 146 valence electrons. The lowest BCUT2D eigenvalue weighted by Crippen LogP contribution is -2.40. The second-order valence-corrected chi connectivity index (χ2v) is 8.14. The molecule has 0 fully saturated rings. The number of nitrogens with zero attached hydrogens (tertiary/aromatic N) is 7. The minimum atomic E-state index is -0.187. The van der Waals surface area contributed by atoms with Crippen molar-refractivity contribution < 1.29 is 4.79 Å². The van der Waals surface area contributed by atoms with Gasteiger partial charge in [0.15, 0.2) is 0 Å². The first-order valence-electron chi connectivity index (χ1n) is 9.20. The van der Waals surface area contributed by atoms with E-state index in [4.69, 9.17) is 0 Å². The lowest BCUT2D eigenvalue weighted by molar-refractivity contribution is 0.195. The molecular formula is C19H18N8OS. The van der Waals surface area contributed by atoms with Crippen molar-refractivity contribution in [3.8, 4) is 10.6 Å². The van der Waals surface area contributed by atoms with E-state index in [0.717, 1.165) is 44.5 Å². The fraction of sp³-hybridized carbons (Fsp3) is 0.263. The molecule has 0 spiro atoms. The van der Waals surface area contributed by atoms with E-state index in [1.807, 2.05) is 32.2 Å². The molecule has 9 nitrogen and oxygen atoms in total. The monoisotopic (exact) mass is 406 g/mol. The van der Waals surface area contributed by atoms with Gasteiger partial charge in [-0.15, -0.1) is 10.2 Å². The zero-order valence-corrected chi connectivity index (χ0v) is 16.8. The Balaban J connectivity index is 1.36. The minimum Gasteiger partial charge on any atom is -0.331 e. The molecule has 0 bridgehead atoms. The molecule has 1 N–H and O–H groups in total. The number of hydrogen-bond acceptors (Lipinski definition) is 7. The highest BCUT2D eigenvalue weighted by molar-refractivity contribution is 7.14. The maximum absolute atomic E-state index is 12.7. The Hall–Kier alpha value is -3.40. The van der Waals surface area contributed by atoms with Gasteiger partial charge in [-0.05, 0) is 26.0 Å². The van der Waals surface area contributed by atoms with E-state index >= 15 is 0 Å². The van der Waals surface area contributed by atoms with Gasteiger partial charge in [0.2, 0.25) is 0 Å². The highest BCUT2D eigenvalue weighted by Crippen LogP contribution is 2.26. The van der Waals surface area contributed by atoms with Crippen molar-refractivity contribution in [2.75, 3.05) is 11.9 Å². The molecule has 10 heteroatoms. The molecule has 1 aliphatic rings. The van der Waals surface area contributed by atoms with Gasteiger partial charge < -0.3 is 9.47 Å². The Morgan fingerprint density at radius 1 is 1.14 bits per heavy atom. The molecule has 4 aromatic heterocycles. The highest BCUT2D eigenvalue weighted by Gasteiger charge is 2.22. The zero-order valence-electron chi connectivity index (χ0n) is 16.0. The van der Waals surface area contributed by atoms with E-state index in [2.05, 4.69) is 35.0 Å². The van der Waals surface area contributed by atoms with Crippen LogP contribution in [0, 0.1) is 13.8 Å². The Kier molecular flexibility index (Phi) is 4.20. The Labute approximate surface area is 170 Å². The highest BCUT2D eigenvalue weighted by atomic mass is 32.1. The summed E-state index contributed by atoms with van der Waals surface area (Å²) in [5.74, 6) is 1.39. The number of rotatable bonds is 2. The van der Waals surface area contributed by atoms with Gasteiger partial charge in [0.1, 0.15) is 21.7 Å². The number of imidazole rings is 1. The van der Waals surface area contributed by atoms with Gasteiger partial charge in [-0.2, -0.15) is 0 Å². The number of amides is 2. The Morgan fingerprint density at radius 2 is 2.03 bits per heavy atom. The molecule has 2 amide bonds. The van der Waals surface area contributed by atoms with E-state index in [-0.39, 0.29) is 6.03 Å². The van der Waals surface area contributed by atoms with Gasteiger partial charge in [-0.25, -0.2) is 14.8 Å². The van der Waals surface area contributed by atoms with Gasteiger partial charge in [0.25, 0.3) is 0 Å². The van der Waals surface area contributed by atoms with Crippen molar-refractivity contribution in [3.63, 3.8) is 0 Å². The molecule has 5 rings (SSSR count). The topological polar surface area (TPSA) is 102 Å². The van der Waals surface area contributed by atoms with Crippen LogP contribution in [0.4, 0.5) is 10.6 Å². The molecule has 0 radical (unpaired) electrons. The largest absolute Gasteiger partial charge is 0.331 e. The molecule has 0 saturated carbocycles. The maximum Gasteiger partial charge on any atom is 0.323 e. The number of aromatic nitrogens is 6. The molecule has 1 aliphatic heterocycles. The molecule has 0 aromatic carbocycles. The van der Waals surface area contributed by atoms with Gasteiger partial charge >= 0.3 is 6.03 Å². The summed E-state index contributed by atoms with van der Waals surface area (Å²) in [5, 5.41) is 13.7. The van der Waals surface area contributed by atoms with Gasteiger partial charge in [0, 0.05) is 36.4 Å². The normalized spacial score (nSPS) is 13.5. The van der Waals surface area contributed by atoms with E-state index < -0.39 is 0 Å². The fourth-order valence-corrected chi connectivity index (χ4v) is 4.06. The average molecular weight is 406 g/mol. The molecule has 5 heterocycles. The molecule has 0 saturated heterocycles. The SMILES string of the molecule is Cc1cn2c(n1)CN(C(=O)Nc1cc3cc(-c4nnc(C)s4)cnc3cn1)CC2. The van der Waals surface area contributed by atoms with Crippen LogP contribution >= 0.6 is 11.3 Å². The zero-order chi connectivity index (χ0) is 20.0. The van der Waals surface area contributed by atoms with Crippen LogP contribution < -0.4 is 5.32 Å². The summed E-state index contributed by atoms with van der Waals surface area (Å²) >= 11 is 1.52. The van der Waals surface area contributed by atoms with Crippen molar-refractivity contribution in [2.24, 2.45) is 0 Å². The number of pyridine rings is 2. The van der Waals surface area contributed by atoms with E-state index in [1.54, 1.807) is 17.3 Å². The van der Waals surface area contributed by atoms with Crippen molar-refractivity contribution in [2.45, 2.75) is 26.9 Å². The number of hydrogen-bond donors (Lipinski definition) is 1. The standard InChI is InChI=1S/C19H18N8OS/c1-11-9-26-3-4-27(10-17(26)22-11)19(28)23-16-6-13-5-14(7-20-15(13)8-21-16)18-25-24-12(2)29-18/h5-9H,3-4,10H2,1-2H3,(H,21,23,28). The first-order chi connectivity index (χ1) is 14.0. The lowest BCUT2D eigenvalue weighted by atomic mass is 10.2. The van der Waals surface area contributed by atoms with Gasteiger partial charge in [-0.1, -0.05) is 11.3 Å². The molecule has 4 aromatic rings. The lowest BCUT2D eigenvalue weighted by Gasteiger charge is -2.27. The van der Waals surface area contributed by atoms with Crippen molar-refractivity contribution in [1.29, 1.82) is 0 Å². The first kappa shape index (κ1) is 17.7. The average Bonchev–Trinajstić information content (AvgIpc) is 3.31. The summed E-state index contributed by atoms with van der Waals surface area (Å²) in [7, 11) is 0. The van der Waals surface area contributed by atoms with Crippen LogP contribution in [0.2, 0.25) is 0 Å².